The molecule has 25 heavy (non-hydrogen) atoms. The maximum absolute atomic E-state index is 13.0. The second-order valence-corrected chi connectivity index (χ2v) is 6.71. The summed E-state index contributed by atoms with van der Waals surface area (Å²) < 4.78 is 8.43. The van der Waals surface area contributed by atoms with Crippen LogP contribution in [0.5, 0.6) is 5.75 Å². The van der Waals surface area contributed by atoms with Crippen molar-refractivity contribution in [1.82, 2.24) is 19.1 Å². The van der Waals surface area contributed by atoms with Gasteiger partial charge in [0.25, 0.3) is 0 Å². The fourth-order valence-electron chi connectivity index (χ4n) is 3.59. The summed E-state index contributed by atoms with van der Waals surface area (Å²) in [6.07, 6.45) is 1.43. The summed E-state index contributed by atoms with van der Waals surface area (Å²) in [5, 5.41) is 15.4. The Labute approximate surface area is 145 Å². The van der Waals surface area contributed by atoms with Crippen LogP contribution < -0.4 is 10.4 Å². The summed E-state index contributed by atoms with van der Waals surface area (Å²) in [6, 6.07) is 7.73. The highest BCUT2D eigenvalue weighted by atomic mass is 16.5. The Morgan fingerprint density at radius 2 is 2.20 bits per heavy atom. The molecule has 7 nitrogen and oxygen atoms in total. The first-order valence-electron chi connectivity index (χ1n) is 8.54. The molecule has 2 aromatic heterocycles. The van der Waals surface area contributed by atoms with Gasteiger partial charge in [-0.05, 0) is 48.9 Å². The molecule has 0 amide bonds. The van der Waals surface area contributed by atoms with Gasteiger partial charge in [0.2, 0.25) is 0 Å². The largest absolute Gasteiger partial charge is 0.497 e. The summed E-state index contributed by atoms with van der Waals surface area (Å²) in [4.78, 5) is 15.1. The number of methoxy groups -OCH3 is 1. The van der Waals surface area contributed by atoms with E-state index in [1.807, 2.05) is 31.2 Å². The second-order valence-electron chi connectivity index (χ2n) is 6.71. The van der Waals surface area contributed by atoms with Crippen LogP contribution in [0.4, 0.5) is 0 Å². The Bertz CT molecular complexity index is 991. The molecule has 1 unspecified atom stereocenters. The molecular formula is C18H22N4O3. The second kappa shape index (κ2) is 6.16. The predicted octanol–water partition coefficient (Wildman–Crippen LogP) is 1.38. The van der Waals surface area contributed by atoms with Crippen molar-refractivity contribution in [2.45, 2.75) is 32.5 Å². The van der Waals surface area contributed by atoms with Crippen molar-refractivity contribution < 1.29 is 9.84 Å². The van der Waals surface area contributed by atoms with Crippen molar-refractivity contribution in [3.05, 3.63) is 40.3 Å². The first-order chi connectivity index (χ1) is 12.1. The summed E-state index contributed by atoms with van der Waals surface area (Å²) in [7, 11) is 1.61. The Morgan fingerprint density at radius 3 is 2.96 bits per heavy atom. The van der Waals surface area contributed by atoms with Crippen molar-refractivity contribution in [1.29, 1.82) is 0 Å². The Hall–Kier alpha value is -2.38. The number of benzene rings is 1. The highest BCUT2D eigenvalue weighted by Gasteiger charge is 2.20. The molecule has 7 heteroatoms. The van der Waals surface area contributed by atoms with E-state index in [-0.39, 0.29) is 11.8 Å². The van der Waals surface area contributed by atoms with Gasteiger partial charge in [-0.3, -0.25) is 4.90 Å². The zero-order valence-corrected chi connectivity index (χ0v) is 14.5. The van der Waals surface area contributed by atoms with Gasteiger partial charge in [0, 0.05) is 19.2 Å². The van der Waals surface area contributed by atoms with E-state index in [0.717, 1.165) is 35.9 Å². The minimum absolute atomic E-state index is 0.169. The molecule has 3 heterocycles. The number of hydrogen-bond donors (Lipinski definition) is 1. The van der Waals surface area contributed by atoms with Crippen molar-refractivity contribution in [3.8, 4) is 5.75 Å². The van der Waals surface area contributed by atoms with Crippen LogP contribution in [0.15, 0.2) is 29.1 Å². The molecule has 0 spiro atoms. The fourth-order valence-corrected chi connectivity index (χ4v) is 3.59. The van der Waals surface area contributed by atoms with E-state index in [1.54, 1.807) is 11.5 Å². The molecular weight excluding hydrogens is 320 g/mol. The molecule has 132 valence electrons. The third-order valence-corrected chi connectivity index (χ3v) is 4.86. The zero-order chi connectivity index (χ0) is 17.6. The van der Waals surface area contributed by atoms with Crippen LogP contribution in [-0.4, -0.2) is 50.5 Å². The smallest absolute Gasteiger partial charge is 0.352 e. The highest BCUT2D eigenvalue weighted by molar-refractivity contribution is 5.84. The van der Waals surface area contributed by atoms with Gasteiger partial charge >= 0.3 is 5.69 Å². The van der Waals surface area contributed by atoms with Gasteiger partial charge in [-0.1, -0.05) is 0 Å². The van der Waals surface area contributed by atoms with E-state index in [4.69, 9.17) is 4.74 Å². The molecule has 0 bridgehead atoms. The van der Waals surface area contributed by atoms with E-state index >= 15 is 0 Å². The maximum Gasteiger partial charge on any atom is 0.352 e. The third kappa shape index (κ3) is 2.79. The number of ether oxygens (including phenoxy) is 1. The topological polar surface area (TPSA) is 72.0 Å². The lowest BCUT2D eigenvalue weighted by molar-refractivity contribution is 0.0509. The van der Waals surface area contributed by atoms with Crippen LogP contribution >= 0.6 is 0 Å². The quantitative estimate of drug-likeness (QED) is 0.779. The first kappa shape index (κ1) is 16.1. The molecule has 1 aromatic carbocycles. The van der Waals surface area contributed by atoms with Crippen molar-refractivity contribution >= 4 is 16.6 Å². The van der Waals surface area contributed by atoms with Crippen molar-refractivity contribution in [2.75, 3.05) is 20.2 Å². The molecule has 0 radical (unpaired) electrons. The Kier molecular flexibility index (Phi) is 3.97. The average molecular weight is 342 g/mol. The summed E-state index contributed by atoms with van der Waals surface area (Å²) in [5.41, 5.74) is 2.22. The molecule has 0 aliphatic carbocycles. The first-order valence-corrected chi connectivity index (χ1v) is 8.54. The van der Waals surface area contributed by atoms with Crippen LogP contribution in [0.3, 0.4) is 0 Å². The predicted molar refractivity (Wildman–Crippen MR) is 95.1 cm³/mol. The van der Waals surface area contributed by atoms with Crippen LogP contribution in [0.2, 0.25) is 0 Å². The number of aliphatic hydroxyl groups is 1. The monoisotopic (exact) mass is 342 g/mol. The summed E-state index contributed by atoms with van der Waals surface area (Å²) in [5.74, 6) is 0.705. The molecule has 1 aliphatic heterocycles. The number of hydrogen-bond acceptors (Lipinski definition) is 5. The SMILES string of the molecule is COc1ccc2cc(C)c3nn(CN4CCCC(O)C4)c(=O)n3c2c1. The van der Waals surface area contributed by atoms with E-state index in [1.165, 1.54) is 4.68 Å². The van der Waals surface area contributed by atoms with Gasteiger partial charge < -0.3 is 9.84 Å². The van der Waals surface area contributed by atoms with Crippen molar-refractivity contribution in [2.24, 2.45) is 0 Å². The molecule has 0 saturated carbocycles. The van der Waals surface area contributed by atoms with Crippen LogP contribution in [0, 0.1) is 6.92 Å². The number of aliphatic hydroxyl groups excluding tert-OH is 1. The number of nitrogens with zero attached hydrogens (tertiary/aromatic N) is 4. The number of likely N-dealkylation sites (tertiary alicyclic amines) is 1. The molecule has 1 N–H and O–H groups in total. The van der Waals surface area contributed by atoms with E-state index < -0.39 is 0 Å². The Morgan fingerprint density at radius 1 is 1.36 bits per heavy atom. The maximum atomic E-state index is 13.0. The minimum atomic E-state index is -0.326. The minimum Gasteiger partial charge on any atom is -0.497 e. The van der Waals surface area contributed by atoms with Gasteiger partial charge in [-0.25, -0.2) is 9.20 Å². The highest BCUT2D eigenvalue weighted by Crippen LogP contribution is 2.23. The lowest BCUT2D eigenvalue weighted by Crippen LogP contribution is -2.41. The van der Waals surface area contributed by atoms with Gasteiger partial charge in [-0.2, -0.15) is 4.68 Å². The zero-order valence-electron chi connectivity index (χ0n) is 14.5. The van der Waals surface area contributed by atoms with E-state index in [9.17, 15) is 9.90 Å². The third-order valence-electron chi connectivity index (χ3n) is 4.86. The van der Waals surface area contributed by atoms with E-state index in [0.29, 0.717) is 24.6 Å². The van der Waals surface area contributed by atoms with Gasteiger partial charge in [0.1, 0.15) is 5.75 Å². The number of piperidine rings is 1. The molecule has 3 aromatic rings. The number of fused-ring (bicyclic) bond motifs is 3. The number of aryl methyl sites for hydroxylation is 1. The molecule has 1 atom stereocenters. The lowest BCUT2D eigenvalue weighted by Gasteiger charge is -2.29. The van der Waals surface area contributed by atoms with Gasteiger partial charge in [-0.15, -0.1) is 5.10 Å². The number of β-amino-alcohol motifs (C(OH)–C–C–N with tert-alkyl or cyclic N) is 1. The average Bonchev–Trinajstić information content (AvgIpc) is 2.92. The van der Waals surface area contributed by atoms with Gasteiger partial charge in [0.05, 0.1) is 25.4 Å². The molecule has 1 saturated heterocycles. The fraction of sp³-hybridized carbons (Fsp3) is 0.444. The van der Waals surface area contributed by atoms with Crippen LogP contribution in [0.25, 0.3) is 16.6 Å². The molecule has 4 rings (SSSR count). The van der Waals surface area contributed by atoms with Crippen LogP contribution in [-0.2, 0) is 6.67 Å². The molecule has 1 fully saturated rings. The van der Waals surface area contributed by atoms with E-state index in [2.05, 4.69) is 10.00 Å². The van der Waals surface area contributed by atoms with Crippen LogP contribution in [0.1, 0.15) is 18.4 Å². The number of aromatic nitrogens is 3. The lowest BCUT2D eigenvalue weighted by atomic mass is 10.1. The summed E-state index contributed by atoms with van der Waals surface area (Å²) in [6.45, 7) is 3.79. The Balaban J connectivity index is 1.84. The number of rotatable bonds is 3. The molecule has 1 aliphatic rings. The normalized spacial score (nSPS) is 18.9. The van der Waals surface area contributed by atoms with Gasteiger partial charge in [0.15, 0.2) is 5.65 Å². The standard InChI is InChI=1S/C18H22N4O3/c1-12-8-13-5-6-15(25-2)9-16(13)22-17(12)19-21(18(22)24)11-20-7-3-4-14(23)10-20/h5-6,8-9,14,23H,3-4,7,10-11H2,1-2H3. The summed E-state index contributed by atoms with van der Waals surface area (Å²) >= 11 is 0. The van der Waals surface area contributed by atoms with Crippen molar-refractivity contribution in [3.63, 3.8) is 0 Å². The number of pyridine rings is 1.